The third-order valence-corrected chi connectivity index (χ3v) is 11.4. The molecule has 0 radical (unpaired) electrons. The molecule has 2 aromatic carbocycles. The van der Waals surface area contributed by atoms with Crippen LogP contribution in [0.2, 0.25) is 0 Å². The van der Waals surface area contributed by atoms with Crippen molar-refractivity contribution in [3.05, 3.63) is 51.6 Å². The van der Waals surface area contributed by atoms with E-state index in [-0.39, 0.29) is 54.4 Å². The first-order valence-corrected chi connectivity index (χ1v) is 18.3. The average molecular weight is 745 g/mol. The molecule has 13 unspecified atom stereocenters. The Labute approximate surface area is 306 Å². The van der Waals surface area contributed by atoms with Gasteiger partial charge in [0.25, 0.3) is 0 Å². The van der Waals surface area contributed by atoms with Crippen LogP contribution in [-0.2, 0) is 34.8 Å². The van der Waals surface area contributed by atoms with E-state index in [4.69, 9.17) is 28.4 Å². The minimum Gasteiger partial charge on any atom is -0.507 e. The lowest BCUT2D eigenvalue weighted by molar-refractivity contribution is -0.333. The van der Waals surface area contributed by atoms with Crippen LogP contribution in [0.5, 0.6) is 17.2 Å². The molecule has 5 aliphatic rings. The smallest absolute Gasteiger partial charge is 0.202 e. The van der Waals surface area contributed by atoms with Crippen LogP contribution in [0.4, 0.5) is 0 Å². The van der Waals surface area contributed by atoms with Gasteiger partial charge in [-0.1, -0.05) is 19.1 Å². The topological polar surface area (TPSA) is 231 Å². The lowest BCUT2D eigenvalue weighted by Gasteiger charge is -2.45. The van der Waals surface area contributed by atoms with Crippen LogP contribution in [0.3, 0.4) is 0 Å². The number of carbonyl (C=O) groups excluding carboxylic acids is 2. The predicted octanol–water partition coefficient (Wildman–Crippen LogP) is 2.37. The van der Waals surface area contributed by atoms with Gasteiger partial charge in [0.2, 0.25) is 5.78 Å². The monoisotopic (exact) mass is 744 g/mol. The van der Waals surface area contributed by atoms with E-state index < -0.39 is 119 Å². The SMILES string of the molecule is CCC1(O)Cc2c(O)c3c(c(O)c2C(OC2CC(O)C(OC4CC(O)C(OC5CCC(O)C(C)O5)C(C)O4)C(C)O2)C1)C(=O)c1c(O)cccc1C3=O. The number of fused-ring (bicyclic) bond motifs is 3. The van der Waals surface area contributed by atoms with Gasteiger partial charge >= 0.3 is 0 Å². The van der Waals surface area contributed by atoms with Crippen molar-refractivity contribution >= 4 is 11.6 Å². The maximum Gasteiger partial charge on any atom is 0.202 e. The van der Waals surface area contributed by atoms with E-state index in [9.17, 15) is 45.3 Å². The van der Waals surface area contributed by atoms with E-state index in [1.807, 2.05) is 0 Å². The molecule has 2 aromatic rings. The number of ether oxygens (including phenoxy) is 6. The highest BCUT2D eigenvalue weighted by molar-refractivity contribution is 6.31. The average Bonchev–Trinajstić information content (AvgIpc) is 3.09. The molecule has 15 nitrogen and oxygen atoms in total. The molecule has 2 aliphatic carbocycles. The van der Waals surface area contributed by atoms with Crippen molar-refractivity contribution < 1.29 is 73.8 Å². The largest absolute Gasteiger partial charge is 0.507 e. The van der Waals surface area contributed by atoms with Crippen LogP contribution < -0.4 is 0 Å². The molecule has 3 aliphatic heterocycles. The number of carbonyl (C=O) groups is 2. The molecule has 0 amide bonds. The summed E-state index contributed by atoms with van der Waals surface area (Å²) in [4.78, 5) is 27.2. The first-order valence-electron chi connectivity index (χ1n) is 18.3. The quantitative estimate of drug-likeness (QED) is 0.172. The van der Waals surface area contributed by atoms with Crippen LogP contribution in [-0.4, -0.2) is 121 Å². The van der Waals surface area contributed by atoms with Gasteiger partial charge in [-0.05, 0) is 39.7 Å². The molecule has 290 valence electrons. The molecule has 3 fully saturated rings. The molecule has 0 aromatic heterocycles. The normalized spacial score (nSPS) is 38.6. The van der Waals surface area contributed by atoms with E-state index in [0.717, 1.165) is 0 Å². The number of phenolic OH excluding ortho intramolecular Hbond substituents is 3. The minimum absolute atomic E-state index is 0.00290. The Bertz CT molecular complexity index is 1720. The van der Waals surface area contributed by atoms with E-state index in [2.05, 4.69) is 0 Å². The Morgan fingerprint density at radius 2 is 1.32 bits per heavy atom. The van der Waals surface area contributed by atoms with Gasteiger partial charge in [-0.15, -0.1) is 0 Å². The molecular weight excluding hydrogens is 696 g/mol. The Balaban J connectivity index is 1.06. The zero-order valence-corrected chi connectivity index (χ0v) is 30.0. The van der Waals surface area contributed by atoms with E-state index >= 15 is 0 Å². The zero-order valence-electron chi connectivity index (χ0n) is 30.0. The molecule has 0 saturated carbocycles. The molecule has 15 heteroatoms. The number of ketones is 2. The van der Waals surface area contributed by atoms with Crippen molar-refractivity contribution in [2.75, 3.05) is 0 Å². The first kappa shape index (κ1) is 38.1. The maximum atomic E-state index is 13.7. The summed E-state index contributed by atoms with van der Waals surface area (Å²) < 4.78 is 36.4. The summed E-state index contributed by atoms with van der Waals surface area (Å²) in [5, 5.41) is 77.4. The van der Waals surface area contributed by atoms with Crippen LogP contribution in [0.15, 0.2) is 18.2 Å². The summed E-state index contributed by atoms with van der Waals surface area (Å²) in [6.07, 6.45) is -8.90. The molecule has 0 spiro atoms. The number of aromatic hydroxyl groups is 3. The van der Waals surface area contributed by atoms with Gasteiger partial charge in [-0.2, -0.15) is 0 Å². The lowest BCUT2D eigenvalue weighted by Crippen LogP contribution is -2.55. The van der Waals surface area contributed by atoms with Gasteiger partial charge in [-0.3, -0.25) is 9.59 Å². The van der Waals surface area contributed by atoms with Gasteiger partial charge in [0.1, 0.15) is 29.5 Å². The fourth-order valence-electron chi connectivity index (χ4n) is 8.41. The third kappa shape index (κ3) is 6.86. The summed E-state index contributed by atoms with van der Waals surface area (Å²) in [5.41, 5.74) is -2.69. The highest BCUT2D eigenvalue weighted by Crippen LogP contribution is 2.53. The van der Waals surface area contributed by atoms with Gasteiger partial charge in [0.05, 0.1) is 65.0 Å². The van der Waals surface area contributed by atoms with Gasteiger partial charge in [0.15, 0.2) is 24.7 Å². The summed E-state index contributed by atoms with van der Waals surface area (Å²) in [7, 11) is 0. The number of rotatable bonds is 7. The Morgan fingerprint density at radius 3 is 1.92 bits per heavy atom. The molecular formula is C38H48O15. The van der Waals surface area contributed by atoms with Gasteiger partial charge in [0, 0.05) is 48.8 Å². The molecule has 7 N–H and O–H groups in total. The summed E-state index contributed by atoms with van der Waals surface area (Å²) >= 11 is 0. The molecule has 0 bridgehead atoms. The summed E-state index contributed by atoms with van der Waals surface area (Å²) in [5.74, 6) is -3.24. The van der Waals surface area contributed by atoms with Crippen molar-refractivity contribution in [1.29, 1.82) is 0 Å². The number of aliphatic hydroxyl groups is 4. The lowest BCUT2D eigenvalue weighted by atomic mass is 9.72. The highest BCUT2D eigenvalue weighted by Gasteiger charge is 2.49. The standard InChI is InChI=1S/C38H48O15/c1-5-38(47)13-19-29(35(46)31-30(33(19)44)32(43)18-7-6-8-21(40)28(18)34(31)45)24(14-38)51-26-11-22(41)37(17(4)49-26)53-27-12-23(42)36(16(3)50-27)52-25-10-9-20(39)15(2)48-25/h6-8,15-17,20,22-27,36-37,39-42,44,46-47H,5,9-14H2,1-4H3. The molecule has 3 saturated heterocycles. The number of phenols is 3. The van der Waals surface area contributed by atoms with Crippen LogP contribution >= 0.6 is 0 Å². The summed E-state index contributed by atoms with van der Waals surface area (Å²) in [6.45, 7) is 6.90. The van der Waals surface area contributed by atoms with Crippen LogP contribution in [0.25, 0.3) is 0 Å². The van der Waals surface area contributed by atoms with Crippen LogP contribution in [0, 0.1) is 0 Å². The number of hydrogen-bond donors (Lipinski definition) is 7. The number of hydrogen-bond acceptors (Lipinski definition) is 15. The summed E-state index contributed by atoms with van der Waals surface area (Å²) in [6, 6.07) is 3.99. The predicted molar refractivity (Wildman–Crippen MR) is 181 cm³/mol. The van der Waals surface area contributed by atoms with E-state index in [0.29, 0.717) is 12.8 Å². The Kier molecular flexibility index (Phi) is 10.4. The molecule has 7 rings (SSSR count). The third-order valence-electron chi connectivity index (χ3n) is 11.4. The van der Waals surface area contributed by atoms with Crippen molar-refractivity contribution in [1.82, 2.24) is 0 Å². The second-order valence-corrected chi connectivity index (χ2v) is 15.0. The van der Waals surface area contributed by atoms with Crippen LogP contribution in [0.1, 0.15) is 115 Å². The van der Waals surface area contributed by atoms with Crippen molar-refractivity contribution in [3.63, 3.8) is 0 Å². The zero-order chi connectivity index (χ0) is 38.1. The number of aliphatic hydroxyl groups excluding tert-OH is 3. The van der Waals surface area contributed by atoms with Crippen molar-refractivity contribution in [3.8, 4) is 17.2 Å². The van der Waals surface area contributed by atoms with Crippen molar-refractivity contribution in [2.24, 2.45) is 0 Å². The molecule has 53 heavy (non-hydrogen) atoms. The first-order chi connectivity index (χ1) is 25.1. The minimum atomic E-state index is -1.43. The fraction of sp³-hybridized carbons (Fsp3) is 0.632. The fourth-order valence-corrected chi connectivity index (χ4v) is 8.41. The second-order valence-electron chi connectivity index (χ2n) is 15.0. The number of benzene rings is 2. The Hall–Kier alpha value is -3.22. The highest BCUT2D eigenvalue weighted by atomic mass is 16.7. The van der Waals surface area contributed by atoms with Gasteiger partial charge in [-0.25, -0.2) is 0 Å². The second kappa shape index (κ2) is 14.5. The van der Waals surface area contributed by atoms with E-state index in [1.54, 1.807) is 27.7 Å². The molecule has 13 atom stereocenters. The van der Waals surface area contributed by atoms with E-state index in [1.165, 1.54) is 18.2 Å². The van der Waals surface area contributed by atoms with Gasteiger partial charge < -0.3 is 64.2 Å². The Morgan fingerprint density at radius 1 is 0.736 bits per heavy atom. The maximum absolute atomic E-state index is 13.7. The molecule has 3 heterocycles. The van der Waals surface area contributed by atoms with Crippen molar-refractivity contribution in [2.45, 2.75) is 152 Å².